The third-order valence-corrected chi connectivity index (χ3v) is 2.24. The van der Waals surface area contributed by atoms with E-state index in [0.29, 0.717) is 5.92 Å². The normalized spacial score (nSPS) is 13.4. The van der Waals surface area contributed by atoms with Crippen LogP contribution in [0, 0.1) is 5.92 Å². The molecule has 0 spiro atoms. The van der Waals surface area contributed by atoms with Gasteiger partial charge in [-0.2, -0.15) is 0 Å². The Balaban J connectivity index is 2.50. The Morgan fingerprint density at radius 2 is 2.20 bits per heavy atom. The van der Waals surface area contributed by atoms with Crippen molar-refractivity contribution in [1.29, 1.82) is 0 Å². The summed E-state index contributed by atoms with van der Waals surface area (Å²) in [5.74, 6) is 1.45. The summed E-state index contributed by atoms with van der Waals surface area (Å²) in [4.78, 5) is 4.17. The van der Waals surface area contributed by atoms with E-state index in [0.717, 1.165) is 24.5 Å². The van der Waals surface area contributed by atoms with Crippen LogP contribution in [0.25, 0.3) is 0 Å². The van der Waals surface area contributed by atoms with Crippen molar-refractivity contribution in [1.82, 2.24) is 10.3 Å². The van der Waals surface area contributed by atoms with E-state index in [9.17, 15) is 0 Å². The highest BCUT2D eigenvalue weighted by atomic mass is 16.5. The molecule has 1 atom stereocenters. The summed E-state index contributed by atoms with van der Waals surface area (Å²) in [6.07, 6.45) is 1.43. The van der Waals surface area contributed by atoms with Crippen molar-refractivity contribution in [3.05, 3.63) is 17.8 Å². The maximum absolute atomic E-state index is 5.30. The van der Waals surface area contributed by atoms with E-state index in [1.54, 1.807) is 7.11 Å². The van der Waals surface area contributed by atoms with E-state index in [1.165, 1.54) is 6.39 Å². The van der Waals surface area contributed by atoms with E-state index in [1.807, 2.05) is 6.92 Å². The van der Waals surface area contributed by atoms with Crippen LogP contribution < -0.4 is 5.32 Å². The van der Waals surface area contributed by atoms with E-state index < -0.39 is 0 Å². The quantitative estimate of drug-likeness (QED) is 0.784. The fourth-order valence-electron chi connectivity index (χ4n) is 1.33. The van der Waals surface area contributed by atoms with Crippen LogP contribution in [0.2, 0.25) is 0 Å². The second kappa shape index (κ2) is 5.88. The van der Waals surface area contributed by atoms with Gasteiger partial charge in [0.05, 0.1) is 5.69 Å². The predicted molar refractivity (Wildman–Crippen MR) is 58.5 cm³/mol. The Bertz CT molecular complexity index is 284. The molecule has 0 saturated carbocycles. The molecular weight excluding hydrogens is 192 g/mol. The molecule has 1 aromatic rings. The number of methoxy groups -OCH3 is 1. The number of hydrogen-bond donors (Lipinski definition) is 1. The first-order chi connectivity index (χ1) is 7.15. The molecule has 1 aromatic heterocycles. The first kappa shape index (κ1) is 12.2. The van der Waals surface area contributed by atoms with Gasteiger partial charge in [0.1, 0.15) is 6.10 Å². The largest absolute Gasteiger partial charge is 0.445 e. The molecule has 15 heavy (non-hydrogen) atoms. The van der Waals surface area contributed by atoms with E-state index in [-0.39, 0.29) is 6.10 Å². The fourth-order valence-corrected chi connectivity index (χ4v) is 1.33. The number of ether oxygens (including phenoxy) is 1. The lowest BCUT2D eigenvalue weighted by Crippen LogP contribution is -2.20. The van der Waals surface area contributed by atoms with Crippen LogP contribution >= 0.6 is 0 Å². The zero-order chi connectivity index (χ0) is 11.3. The molecule has 86 valence electrons. The molecule has 1 rings (SSSR count). The van der Waals surface area contributed by atoms with Gasteiger partial charge in [-0.1, -0.05) is 13.8 Å². The Kier molecular flexibility index (Phi) is 4.78. The summed E-state index contributed by atoms with van der Waals surface area (Å²) in [5.41, 5.74) is 0.935. The predicted octanol–water partition coefficient (Wildman–Crippen LogP) is 2.13. The van der Waals surface area contributed by atoms with Gasteiger partial charge in [0.25, 0.3) is 0 Å². The van der Waals surface area contributed by atoms with Gasteiger partial charge in [-0.05, 0) is 19.4 Å². The van der Waals surface area contributed by atoms with Gasteiger partial charge in [0, 0.05) is 13.7 Å². The van der Waals surface area contributed by atoms with Crippen molar-refractivity contribution in [2.45, 2.75) is 33.4 Å². The lowest BCUT2D eigenvalue weighted by molar-refractivity contribution is 0.0983. The SMILES string of the molecule is COC(C)c1ocnc1CNCC(C)C. The van der Waals surface area contributed by atoms with Gasteiger partial charge in [-0.25, -0.2) is 4.98 Å². The monoisotopic (exact) mass is 212 g/mol. The molecular formula is C11H20N2O2. The number of oxazole rings is 1. The van der Waals surface area contributed by atoms with Gasteiger partial charge in [0.15, 0.2) is 12.2 Å². The zero-order valence-electron chi connectivity index (χ0n) is 9.91. The Labute approximate surface area is 91.0 Å². The highest BCUT2D eigenvalue weighted by Crippen LogP contribution is 2.19. The van der Waals surface area contributed by atoms with Gasteiger partial charge in [-0.15, -0.1) is 0 Å². The first-order valence-electron chi connectivity index (χ1n) is 5.31. The molecule has 1 heterocycles. The summed E-state index contributed by atoms with van der Waals surface area (Å²) in [6.45, 7) is 8.01. The maximum atomic E-state index is 5.30. The van der Waals surface area contributed by atoms with Crippen LogP contribution in [0.5, 0.6) is 0 Å². The average Bonchev–Trinajstić information content (AvgIpc) is 2.64. The van der Waals surface area contributed by atoms with Crippen molar-refractivity contribution in [2.75, 3.05) is 13.7 Å². The van der Waals surface area contributed by atoms with Crippen LogP contribution in [0.1, 0.15) is 38.3 Å². The summed E-state index contributed by atoms with van der Waals surface area (Å²) in [7, 11) is 1.67. The molecule has 0 aromatic carbocycles. The lowest BCUT2D eigenvalue weighted by Gasteiger charge is -2.09. The Morgan fingerprint density at radius 3 is 2.80 bits per heavy atom. The van der Waals surface area contributed by atoms with Crippen LogP contribution in [-0.2, 0) is 11.3 Å². The molecule has 0 bridgehead atoms. The third-order valence-electron chi connectivity index (χ3n) is 2.24. The molecule has 0 aliphatic heterocycles. The topological polar surface area (TPSA) is 47.3 Å². The van der Waals surface area contributed by atoms with E-state index in [2.05, 4.69) is 24.1 Å². The Morgan fingerprint density at radius 1 is 1.47 bits per heavy atom. The number of aromatic nitrogens is 1. The standard InChI is InChI=1S/C11H20N2O2/c1-8(2)5-12-6-10-11(9(3)14-4)15-7-13-10/h7-9,12H,5-6H2,1-4H3. The summed E-state index contributed by atoms with van der Waals surface area (Å²) < 4.78 is 10.5. The maximum Gasteiger partial charge on any atom is 0.181 e. The van der Waals surface area contributed by atoms with Crippen molar-refractivity contribution >= 4 is 0 Å². The van der Waals surface area contributed by atoms with E-state index >= 15 is 0 Å². The van der Waals surface area contributed by atoms with Crippen molar-refractivity contribution < 1.29 is 9.15 Å². The first-order valence-corrected chi connectivity index (χ1v) is 5.31. The number of nitrogens with one attached hydrogen (secondary N) is 1. The molecule has 4 heteroatoms. The second-order valence-corrected chi connectivity index (χ2v) is 4.07. The van der Waals surface area contributed by atoms with Crippen molar-refractivity contribution in [3.8, 4) is 0 Å². The molecule has 0 fully saturated rings. The highest BCUT2D eigenvalue weighted by molar-refractivity contribution is 5.09. The van der Waals surface area contributed by atoms with Gasteiger partial charge in [-0.3, -0.25) is 0 Å². The second-order valence-electron chi connectivity index (χ2n) is 4.07. The third kappa shape index (κ3) is 3.64. The van der Waals surface area contributed by atoms with Crippen LogP contribution in [-0.4, -0.2) is 18.6 Å². The smallest absolute Gasteiger partial charge is 0.181 e. The summed E-state index contributed by atoms with van der Waals surface area (Å²) >= 11 is 0. The summed E-state index contributed by atoms with van der Waals surface area (Å²) in [5, 5.41) is 3.33. The minimum Gasteiger partial charge on any atom is -0.445 e. The van der Waals surface area contributed by atoms with Crippen molar-refractivity contribution in [2.24, 2.45) is 5.92 Å². The molecule has 1 N–H and O–H groups in total. The lowest BCUT2D eigenvalue weighted by atomic mass is 10.2. The highest BCUT2D eigenvalue weighted by Gasteiger charge is 2.14. The minimum absolute atomic E-state index is 0.0386. The molecule has 0 amide bonds. The number of rotatable bonds is 6. The molecule has 0 aliphatic carbocycles. The van der Waals surface area contributed by atoms with Crippen LogP contribution in [0.4, 0.5) is 0 Å². The van der Waals surface area contributed by atoms with Crippen LogP contribution in [0.3, 0.4) is 0 Å². The number of hydrogen-bond acceptors (Lipinski definition) is 4. The van der Waals surface area contributed by atoms with Crippen molar-refractivity contribution in [3.63, 3.8) is 0 Å². The van der Waals surface area contributed by atoms with Gasteiger partial charge in [0.2, 0.25) is 0 Å². The number of nitrogens with zero attached hydrogens (tertiary/aromatic N) is 1. The van der Waals surface area contributed by atoms with Gasteiger partial charge >= 0.3 is 0 Å². The molecule has 1 unspecified atom stereocenters. The van der Waals surface area contributed by atoms with Crippen LogP contribution in [0.15, 0.2) is 10.8 Å². The minimum atomic E-state index is -0.0386. The zero-order valence-corrected chi connectivity index (χ0v) is 9.91. The molecule has 4 nitrogen and oxygen atoms in total. The molecule has 0 aliphatic rings. The van der Waals surface area contributed by atoms with E-state index in [4.69, 9.17) is 9.15 Å². The fraction of sp³-hybridized carbons (Fsp3) is 0.727. The summed E-state index contributed by atoms with van der Waals surface area (Å²) in [6, 6.07) is 0. The average molecular weight is 212 g/mol. The molecule has 0 saturated heterocycles. The Hall–Kier alpha value is -0.870. The molecule has 0 radical (unpaired) electrons. The van der Waals surface area contributed by atoms with Gasteiger partial charge < -0.3 is 14.5 Å².